The molecule has 0 spiro atoms. The summed E-state index contributed by atoms with van der Waals surface area (Å²) in [6.45, 7) is 1.81. The van der Waals surface area contributed by atoms with Gasteiger partial charge in [-0.15, -0.1) is 0 Å². The number of hydrogen-bond donors (Lipinski definition) is 1. The van der Waals surface area contributed by atoms with Crippen molar-refractivity contribution in [3.05, 3.63) is 36.1 Å². The standard InChI is InChI=1S/C10H14N2O/c1-9-7-5-3-2-4-6-8-10(13)12(9)11/h2-5,7H,6,8,11H2,1H3/b4-2+,5-3-,9-7+. The Morgan fingerprint density at radius 3 is 2.92 bits per heavy atom. The smallest absolute Gasteiger partial charge is 0.241 e. The summed E-state index contributed by atoms with van der Waals surface area (Å²) >= 11 is 0. The second-order valence-corrected chi connectivity index (χ2v) is 2.92. The third-order valence-electron chi connectivity index (χ3n) is 1.87. The van der Waals surface area contributed by atoms with Crippen LogP contribution in [0.2, 0.25) is 0 Å². The molecule has 70 valence electrons. The van der Waals surface area contributed by atoms with Gasteiger partial charge in [0.2, 0.25) is 5.91 Å². The molecule has 2 N–H and O–H groups in total. The summed E-state index contributed by atoms with van der Waals surface area (Å²) < 4.78 is 0. The second kappa shape index (κ2) is 4.62. The Morgan fingerprint density at radius 1 is 1.38 bits per heavy atom. The SMILES string of the molecule is C\C1=C/C=C\C=C\CCC(=O)N1N. The lowest BCUT2D eigenvalue weighted by Crippen LogP contribution is -2.35. The molecule has 0 bridgehead atoms. The number of nitrogens with two attached hydrogens (primary N) is 1. The van der Waals surface area contributed by atoms with Crippen LogP contribution in [0, 0.1) is 0 Å². The zero-order chi connectivity index (χ0) is 9.68. The summed E-state index contributed by atoms with van der Waals surface area (Å²) in [5.74, 6) is 5.52. The highest BCUT2D eigenvalue weighted by atomic mass is 16.2. The molecule has 1 amide bonds. The fraction of sp³-hybridized carbons (Fsp3) is 0.300. The fourth-order valence-corrected chi connectivity index (χ4v) is 1.04. The van der Waals surface area contributed by atoms with Gasteiger partial charge < -0.3 is 0 Å². The van der Waals surface area contributed by atoms with E-state index in [-0.39, 0.29) is 5.91 Å². The molecule has 0 aromatic carbocycles. The fourth-order valence-electron chi connectivity index (χ4n) is 1.04. The minimum atomic E-state index is -0.0475. The van der Waals surface area contributed by atoms with Crippen LogP contribution in [0.5, 0.6) is 0 Å². The van der Waals surface area contributed by atoms with Crippen molar-refractivity contribution >= 4 is 5.91 Å². The molecule has 0 radical (unpaired) electrons. The van der Waals surface area contributed by atoms with E-state index < -0.39 is 0 Å². The highest BCUT2D eigenvalue weighted by molar-refractivity contribution is 5.77. The van der Waals surface area contributed by atoms with E-state index >= 15 is 0 Å². The number of carbonyl (C=O) groups is 1. The summed E-state index contributed by atoms with van der Waals surface area (Å²) in [7, 11) is 0. The highest BCUT2D eigenvalue weighted by Crippen LogP contribution is 2.04. The van der Waals surface area contributed by atoms with E-state index in [1.807, 2.05) is 37.3 Å². The highest BCUT2D eigenvalue weighted by Gasteiger charge is 2.09. The molecule has 1 rings (SSSR count). The Bertz CT molecular complexity index is 277. The van der Waals surface area contributed by atoms with Crippen LogP contribution in [0.25, 0.3) is 0 Å². The van der Waals surface area contributed by atoms with Gasteiger partial charge in [0.25, 0.3) is 0 Å². The summed E-state index contributed by atoms with van der Waals surface area (Å²) in [4.78, 5) is 11.3. The molecule has 0 aliphatic carbocycles. The van der Waals surface area contributed by atoms with E-state index in [9.17, 15) is 4.79 Å². The Kier molecular flexibility index (Phi) is 3.46. The Balaban J connectivity index is 2.82. The molecule has 0 atom stereocenters. The van der Waals surface area contributed by atoms with E-state index in [0.29, 0.717) is 6.42 Å². The predicted molar refractivity (Wildman–Crippen MR) is 52.3 cm³/mol. The average Bonchev–Trinajstić information content (AvgIpc) is 2.13. The molecule has 0 aromatic heterocycles. The number of carbonyl (C=O) groups excluding carboxylic acids is 1. The molecule has 0 saturated carbocycles. The van der Waals surface area contributed by atoms with Gasteiger partial charge in [0, 0.05) is 12.1 Å². The van der Waals surface area contributed by atoms with Gasteiger partial charge in [-0.1, -0.05) is 24.3 Å². The summed E-state index contributed by atoms with van der Waals surface area (Å²) in [5.41, 5.74) is 0.761. The van der Waals surface area contributed by atoms with Gasteiger partial charge in [-0.25, -0.2) is 5.84 Å². The van der Waals surface area contributed by atoms with Gasteiger partial charge in [-0.05, 0) is 19.4 Å². The minimum Gasteiger partial charge on any atom is -0.273 e. The van der Waals surface area contributed by atoms with Crippen LogP contribution >= 0.6 is 0 Å². The quantitative estimate of drug-likeness (QED) is 0.451. The average molecular weight is 178 g/mol. The lowest BCUT2D eigenvalue weighted by Gasteiger charge is -2.16. The number of hydrazine groups is 1. The molecule has 0 fully saturated rings. The summed E-state index contributed by atoms with van der Waals surface area (Å²) in [6, 6.07) is 0. The van der Waals surface area contributed by atoms with Crippen LogP contribution in [0.1, 0.15) is 19.8 Å². The lowest BCUT2D eigenvalue weighted by molar-refractivity contribution is -0.129. The van der Waals surface area contributed by atoms with E-state index in [1.54, 1.807) is 0 Å². The monoisotopic (exact) mass is 178 g/mol. The Morgan fingerprint density at radius 2 is 2.15 bits per heavy atom. The minimum absolute atomic E-state index is 0.0475. The maximum absolute atomic E-state index is 11.3. The van der Waals surface area contributed by atoms with Crippen molar-refractivity contribution in [3.63, 3.8) is 0 Å². The number of rotatable bonds is 0. The topological polar surface area (TPSA) is 46.3 Å². The van der Waals surface area contributed by atoms with Crippen molar-refractivity contribution in [3.8, 4) is 0 Å². The normalized spacial score (nSPS) is 27.7. The van der Waals surface area contributed by atoms with Gasteiger partial charge in [0.15, 0.2) is 0 Å². The molecule has 1 aliphatic rings. The van der Waals surface area contributed by atoms with Crippen molar-refractivity contribution in [1.82, 2.24) is 5.01 Å². The van der Waals surface area contributed by atoms with Crippen LogP contribution in [0.15, 0.2) is 36.1 Å². The van der Waals surface area contributed by atoms with Gasteiger partial charge in [0.1, 0.15) is 0 Å². The molecular formula is C10H14N2O. The first-order chi connectivity index (χ1) is 6.22. The largest absolute Gasteiger partial charge is 0.273 e. The molecule has 3 heteroatoms. The van der Waals surface area contributed by atoms with Crippen molar-refractivity contribution in [2.24, 2.45) is 5.84 Å². The molecule has 0 aromatic rings. The zero-order valence-electron chi connectivity index (χ0n) is 7.73. The van der Waals surface area contributed by atoms with Crippen molar-refractivity contribution < 1.29 is 4.79 Å². The zero-order valence-corrected chi connectivity index (χ0v) is 7.73. The molecule has 1 aliphatic heterocycles. The lowest BCUT2D eigenvalue weighted by atomic mass is 10.2. The van der Waals surface area contributed by atoms with Gasteiger partial charge in [-0.3, -0.25) is 9.80 Å². The van der Waals surface area contributed by atoms with Crippen molar-refractivity contribution in [2.45, 2.75) is 19.8 Å². The molecule has 0 saturated heterocycles. The van der Waals surface area contributed by atoms with Crippen LogP contribution in [0.3, 0.4) is 0 Å². The second-order valence-electron chi connectivity index (χ2n) is 2.92. The van der Waals surface area contributed by atoms with Crippen molar-refractivity contribution in [2.75, 3.05) is 0 Å². The van der Waals surface area contributed by atoms with Crippen LogP contribution in [-0.4, -0.2) is 10.9 Å². The molecule has 3 nitrogen and oxygen atoms in total. The summed E-state index contributed by atoms with van der Waals surface area (Å²) in [6.07, 6.45) is 10.7. The molecule has 13 heavy (non-hydrogen) atoms. The van der Waals surface area contributed by atoms with Crippen LogP contribution in [0.4, 0.5) is 0 Å². The first-order valence-corrected chi connectivity index (χ1v) is 4.29. The first-order valence-electron chi connectivity index (χ1n) is 4.29. The van der Waals surface area contributed by atoms with E-state index in [4.69, 9.17) is 5.84 Å². The van der Waals surface area contributed by atoms with Crippen LogP contribution < -0.4 is 5.84 Å². The summed E-state index contributed by atoms with van der Waals surface area (Å²) in [5, 5.41) is 1.20. The van der Waals surface area contributed by atoms with E-state index in [0.717, 1.165) is 12.1 Å². The third-order valence-corrected chi connectivity index (χ3v) is 1.87. The Labute approximate surface area is 78.2 Å². The number of amides is 1. The predicted octanol–water partition coefficient (Wildman–Crippen LogP) is 1.50. The van der Waals surface area contributed by atoms with Crippen molar-refractivity contribution in [1.29, 1.82) is 0 Å². The van der Waals surface area contributed by atoms with Crippen LogP contribution in [-0.2, 0) is 4.79 Å². The van der Waals surface area contributed by atoms with Gasteiger partial charge in [-0.2, -0.15) is 0 Å². The number of hydrogen-bond acceptors (Lipinski definition) is 2. The third kappa shape index (κ3) is 2.87. The van der Waals surface area contributed by atoms with E-state index in [2.05, 4.69) is 0 Å². The van der Waals surface area contributed by atoms with Gasteiger partial charge in [0.05, 0.1) is 0 Å². The van der Waals surface area contributed by atoms with Gasteiger partial charge >= 0.3 is 0 Å². The molecular weight excluding hydrogens is 164 g/mol. The Hall–Kier alpha value is -1.35. The molecule has 0 unspecified atom stereocenters. The first kappa shape index (κ1) is 9.74. The van der Waals surface area contributed by atoms with E-state index in [1.165, 1.54) is 5.01 Å². The maximum atomic E-state index is 11.3. The maximum Gasteiger partial charge on any atom is 0.241 e. The molecule has 1 heterocycles. The number of allylic oxidation sites excluding steroid dienone is 6. The number of nitrogens with zero attached hydrogens (tertiary/aromatic N) is 1.